The van der Waals surface area contributed by atoms with E-state index >= 15 is 0 Å². The van der Waals surface area contributed by atoms with Crippen molar-refractivity contribution in [2.24, 2.45) is 16.2 Å². The Kier molecular flexibility index (Phi) is 17.0. The molecule has 22 heteroatoms. The Hall–Kier alpha value is -8.60. The number of nitrogens with zero attached hydrogens (tertiary/aromatic N) is 6. The molecule has 86 heavy (non-hydrogen) atoms. The molecule has 4 saturated carbocycles. The van der Waals surface area contributed by atoms with E-state index in [1.165, 1.54) is 11.3 Å². The van der Waals surface area contributed by atoms with Crippen LogP contribution in [0.2, 0.25) is 0 Å². The molecular formula is C64H70N10O11S. The van der Waals surface area contributed by atoms with Crippen LogP contribution in [-0.2, 0) is 52.9 Å². The van der Waals surface area contributed by atoms with Crippen molar-refractivity contribution in [2.75, 3.05) is 68.1 Å². The summed E-state index contributed by atoms with van der Waals surface area (Å²) in [5, 5.41) is 27.3. The number of hydrogen-bond acceptors (Lipinski definition) is 15. The zero-order chi connectivity index (χ0) is 60.2. The number of carbonyl (C=O) groups excluding carboxylic acids is 6. The van der Waals surface area contributed by atoms with E-state index in [-0.39, 0.29) is 91.0 Å². The summed E-state index contributed by atoms with van der Waals surface area (Å²) in [5.41, 5.74) is 6.40. The lowest BCUT2D eigenvalue weighted by atomic mass is 9.39. The molecule has 5 heterocycles. The summed E-state index contributed by atoms with van der Waals surface area (Å²) in [5.74, 6) is -2.46. The molecule has 0 radical (unpaired) electrons. The fraction of sp³-hybridized carbons (Fsp3) is 0.406. The first-order valence-corrected chi connectivity index (χ1v) is 30.0. The fourth-order valence-electron chi connectivity index (χ4n) is 14.6. The van der Waals surface area contributed by atoms with E-state index in [1.54, 1.807) is 36.5 Å². The normalized spacial score (nSPS) is 21.9. The van der Waals surface area contributed by atoms with E-state index in [1.807, 2.05) is 72.5 Å². The van der Waals surface area contributed by atoms with Crippen LogP contribution in [0, 0.1) is 23.2 Å². The third-order valence-corrected chi connectivity index (χ3v) is 18.0. The lowest BCUT2D eigenvalue weighted by Crippen LogP contribution is -2.64. The molecule has 3 aromatic heterocycles. The SMILES string of the molecule is Cc1c(-c2ccc(N3CCc4cccc(C(=O)Nc5nc6ccccc6s5)c4C3)nc2C(=O)O)cnn1CC12CC3(C)CC(C)(C1)CC(OCCOCCNC(=O)OC/C=C/c1cccc(NC(=O)CCNC(=O)CCN4C(=O)C=CC4=O)c1)(C3)C2. The minimum Gasteiger partial charge on any atom is -0.476 e. The number of carbonyl (C=O) groups is 7. The maximum atomic E-state index is 13.7. The number of amides is 6. The number of pyridine rings is 1. The van der Waals surface area contributed by atoms with Crippen molar-refractivity contribution in [1.29, 1.82) is 0 Å². The molecule has 2 aliphatic heterocycles. The standard InChI is InChI=1S/C64H70N10O11S/c1-41-47(45-16-17-51(70-56(45)58(80)81)72-25-21-43-11-7-13-46(48(43)33-72)57(79)71-59-69-49-14-4-5-15-50(49)86-59)32-67-74(41)40-63-35-61(2)34-62(3,36-63)38-64(37-61,39-63)85-30-29-83-28-24-66-60(82)84-27-8-10-42-9-6-12-44(31-42)68-53(76)20-23-65-52(75)22-26-73-54(77)18-19-55(73)78/h4-19,31-32H,20-30,33-40H2,1-3H3,(H,65,75)(H,66,82)(H,68,76)(H,80,81)(H,69,71,79)/b10-8+. The van der Waals surface area contributed by atoms with Gasteiger partial charge in [0.15, 0.2) is 10.8 Å². The molecule has 12 rings (SSSR count). The number of anilines is 3. The number of fused-ring (bicyclic) bond motifs is 2. The van der Waals surface area contributed by atoms with Gasteiger partial charge in [-0.25, -0.2) is 19.6 Å². The minimum atomic E-state index is -1.13. The van der Waals surface area contributed by atoms with Gasteiger partial charge < -0.3 is 40.2 Å². The summed E-state index contributed by atoms with van der Waals surface area (Å²) >= 11 is 1.42. The third kappa shape index (κ3) is 13.4. The number of hydrogen-bond donors (Lipinski definition) is 5. The van der Waals surface area contributed by atoms with Crippen LogP contribution in [0.4, 0.5) is 21.4 Å². The Morgan fingerprint density at radius 3 is 2.37 bits per heavy atom. The maximum Gasteiger partial charge on any atom is 0.407 e. The summed E-state index contributed by atoms with van der Waals surface area (Å²) in [6.07, 6.45) is 13.6. The van der Waals surface area contributed by atoms with E-state index < -0.39 is 23.9 Å². The van der Waals surface area contributed by atoms with Crippen LogP contribution in [0.1, 0.15) is 108 Å². The lowest BCUT2D eigenvalue weighted by Gasteiger charge is -2.69. The van der Waals surface area contributed by atoms with E-state index in [0.29, 0.717) is 67.0 Å². The molecule has 2 atom stereocenters. The summed E-state index contributed by atoms with van der Waals surface area (Å²) in [6, 6.07) is 24.3. The Balaban J connectivity index is 0.627. The number of aromatic nitrogens is 4. The topological polar surface area (TPSA) is 266 Å². The molecule has 448 valence electrons. The average Bonchev–Trinajstić information content (AvgIpc) is 0.741. The van der Waals surface area contributed by atoms with Crippen molar-refractivity contribution in [2.45, 2.75) is 97.2 Å². The zero-order valence-corrected chi connectivity index (χ0v) is 49.3. The third-order valence-electron chi connectivity index (χ3n) is 17.1. The number of alkyl carbamates (subject to hydrolysis) is 1. The first-order valence-electron chi connectivity index (χ1n) is 29.1. The number of ether oxygens (including phenoxy) is 3. The Morgan fingerprint density at radius 2 is 1.58 bits per heavy atom. The fourth-order valence-corrected chi connectivity index (χ4v) is 15.5. The van der Waals surface area contributed by atoms with Gasteiger partial charge in [0, 0.05) is 92.3 Å². The predicted molar refractivity (Wildman–Crippen MR) is 323 cm³/mol. The molecule has 3 aromatic carbocycles. The quantitative estimate of drug-likeness (QED) is 0.0280. The minimum absolute atomic E-state index is 0.0166. The summed E-state index contributed by atoms with van der Waals surface area (Å²) in [4.78, 5) is 99.7. The number of nitrogens with one attached hydrogen (secondary N) is 4. The van der Waals surface area contributed by atoms with Crippen molar-refractivity contribution in [3.8, 4) is 11.1 Å². The van der Waals surface area contributed by atoms with Crippen molar-refractivity contribution in [3.63, 3.8) is 0 Å². The predicted octanol–water partition coefficient (Wildman–Crippen LogP) is 8.73. The number of carboxylic acids is 1. The maximum absolute atomic E-state index is 13.7. The van der Waals surface area contributed by atoms with Crippen molar-refractivity contribution >= 4 is 85.9 Å². The number of imide groups is 1. The van der Waals surface area contributed by atoms with Gasteiger partial charge in [-0.3, -0.25) is 38.9 Å². The molecule has 4 fully saturated rings. The van der Waals surface area contributed by atoms with Crippen molar-refractivity contribution in [3.05, 3.63) is 137 Å². The molecule has 0 spiro atoms. The van der Waals surface area contributed by atoms with E-state index in [0.717, 1.165) is 93.7 Å². The number of para-hydroxylation sites is 1. The molecule has 6 amide bonds. The van der Waals surface area contributed by atoms with E-state index in [9.17, 15) is 38.7 Å². The molecule has 6 aliphatic rings. The highest BCUT2D eigenvalue weighted by Gasteiger charge is 2.66. The smallest absolute Gasteiger partial charge is 0.407 e. The second-order valence-corrected chi connectivity index (χ2v) is 25.2. The monoisotopic (exact) mass is 1190 g/mol. The molecule has 21 nitrogen and oxygen atoms in total. The van der Waals surface area contributed by atoms with Crippen LogP contribution in [0.5, 0.6) is 0 Å². The molecule has 2 unspecified atom stereocenters. The Morgan fingerprint density at radius 1 is 0.791 bits per heavy atom. The van der Waals surface area contributed by atoms with Gasteiger partial charge in [-0.05, 0) is 133 Å². The van der Waals surface area contributed by atoms with E-state index in [2.05, 4.69) is 44.8 Å². The number of thiazole rings is 1. The van der Waals surface area contributed by atoms with Crippen LogP contribution in [0.15, 0.2) is 103 Å². The molecule has 4 bridgehead atoms. The second-order valence-electron chi connectivity index (χ2n) is 24.2. The Bertz CT molecular complexity index is 3630. The lowest BCUT2D eigenvalue weighted by molar-refractivity contribution is -0.250. The van der Waals surface area contributed by atoms with Gasteiger partial charge in [0.2, 0.25) is 11.8 Å². The highest BCUT2D eigenvalue weighted by Crippen LogP contribution is 2.72. The summed E-state index contributed by atoms with van der Waals surface area (Å²) in [6.45, 7) is 9.82. The van der Waals surface area contributed by atoms with Crippen molar-refractivity contribution in [1.82, 2.24) is 35.3 Å². The average molecular weight is 1190 g/mol. The van der Waals surface area contributed by atoms with Gasteiger partial charge in [0.1, 0.15) is 12.4 Å². The van der Waals surface area contributed by atoms with Gasteiger partial charge in [-0.2, -0.15) is 5.10 Å². The van der Waals surface area contributed by atoms with Crippen LogP contribution in [0.3, 0.4) is 0 Å². The van der Waals surface area contributed by atoms with Gasteiger partial charge in [-0.15, -0.1) is 0 Å². The molecule has 0 saturated heterocycles. The number of rotatable bonds is 24. The van der Waals surface area contributed by atoms with E-state index in [4.69, 9.17) is 24.3 Å². The van der Waals surface area contributed by atoms with Crippen LogP contribution >= 0.6 is 11.3 Å². The zero-order valence-electron chi connectivity index (χ0n) is 48.4. The number of benzene rings is 3. The largest absolute Gasteiger partial charge is 0.476 e. The Labute approximate surface area is 501 Å². The van der Waals surface area contributed by atoms with Crippen LogP contribution in [-0.4, -0.2) is 130 Å². The highest BCUT2D eigenvalue weighted by molar-refractivity contribution is 7.22. The van der Waals surface area contributed by atoms with Crippen LogP contribution < -0.4 is 26.2 Å². The molecule has 5 N–H and O–H groups in total. The number of carboxylic acid groups (broad SMARTS) is 1. The molecular weight excluding hydrogens is 1120 g/mol. The first-order chi connectivity index (χ1) is 41.3. The highest BCUT2D eigenvalue weighted by atomic mass is 32.1. The van der Waals surface area contributed by atoms with Gasteiger partial charge >= 0.3 is 12.1 Å². The summed E-state index contributed by atoms with van der Waals surface area (Å²) in [7, 11) is 0. The molecule has 6 aromatic rings. The number of aromatic carboxylic acids is 1. The van der Waals surface area contributed by atoms with Crippen molar-refractivity contribution < 1.29 is 52.9 Å². The second kappa shape index (κ2) is 24.8. The van der Waals surface area contributed by atoms with Gasteiger partial charge in [-0.1, -0.05) is 67.7 Å². The summed E-state index contributed by atoms with van der Waals surface area (Å²) < 4.78 is 21.2. The van der Waals surface area contributed by atoms with Gasteiger partial charge in [0.05, 0.1) is 41.8 Å². The van der Waals surface area contributed by atoms with Gasteiger partial charge in [0.25, 0.3) is 17.7 Å². The van der Waals surface area contributed by atoms with Crippen LogP contribution in [0.25, 0.3) is 27.4 Å². The molecule has 4 aliphatic carbocycles. The first kappa shape index (κ1) is 59.1.